The van der Waals surface area contributed by atoms with Gasteiger partial charge in [-0.15, -0.1) is 0 Å². The molecule has 1 aromatic rings. The number of Topliss-reactive ketones (excluding diaryl/α,β-unsaturated/α-hetero) is 1. The highest BCUT2D eigenvalue weighted by Gasteiger charge is 2.14. The first-order valence-electron chi connectivity index (χ1n) is 3.90. The van der Waals surface area contributed by atoms with Gasteiger partial charge >= 0.3 is 0 Å². The Labute approximate surface area is 89.8 Å². The summed E-state index contributed by atoms with van der Waals surface area (Å²) in [5.74, 6) is -0.260. The summed E-state index contributed by atoms with van der Waals surface area (Å²) in [7, 11) is 1.41. The van der Waals surface area contributed by atoms with Crippen LogP contribution in [-0.4, -0.2) is 24.5 Å². The van der Waals surface area contributed by atoms with Crippen molar-refractivity contribution in [2.75, 3.05) is 13.7 Å². The third kappa shape index (κ3) is 2.05. The molecule has 0 unspecified atom stereocenters. The van der Waals surface area contributed by atoms with Crippen LogP contribution in [0.1, 0.15) is 10.4 Å². The van der Waals surface area contributed by atoms with Gasteiger partial charge in [0.1, 0.15) is 0 Å². The molecule has 3 N–H and O–H groups in total. The van der Waals surface area contributed by atoms with E-state index in [1.165, 1.54) is 13.2 Å². The second-order valence-corrected chi connectivity index (χ2v) is 3.55. The molecule has 0 aromatic heterocycles. The second-order valence-electron chi connectivity index (χ2n) is 2.63. The lowest BCUT2D eigenvalue weighted by Crippen LogP contribution is -2.13. The number of phenolic OH excluding ortho intramolecular Hbond substituents is 1. The SMILES string of the molecule is COc1cc(Br)cc(C(=O)CN)c1O. The first-order valence-corrected chi connectivity index (χ1v) is 4.69. The molecular weight excluding hydrogens is 250 g/mol. The van der Waals surface area contributed by atoms with Gasteiger partial charge < -0.3 is 15.6 Å². The maximum absolute atomic E-state index is 11.3. The van der Waals surface area contributed by atoms with Gasteiger partial charge in [-0.3, -0.25) is 4.79 Å². The monoisotopic (exact) mass is 259 g/mol. The predicted molar refractivity (Wildman–Crippen MR) is 55.7 cm³/mol. The summed E-state index contributed by atoms with van der Waals surface area (Å²) in [5.41, 5.74) is 5.36. The van der Waals surface area contributed by atoms with E-state index in [9.17, 15) is 9.90 Å². The zero-order chi connectivity index (χ0) is 10.7. The van der Waals surface area contributed by atoms with Crippen molar-refractivity contribution in [2.45, 2.75) is 0 Å². The van der Waals surface area contributed by atoms with Crippen molar-refractivity contribution < 1.29 is 14.6 Å². The fourth-order valence-corrected chi connectivity index (χ4v) is 1.49. The van der Waals surface area contributed by atoms with E-state index in [1.807, 2.05) is 0 Å². The Morgan fingerprint density at radius 2 is 2.29 bits per heavy atom. The average Bonchev–Trinajstić information content (AvgIpc) is 2.19. The molecule has 5 heteroatoms. The minimum absolute atomic E-state index is 0.146. The molecule has 0 aliphatic rings. The van der Waals surface area contributed by atoms with Crippen molar-refractivity contribution in [3.05, 3.63) is 22.2 Å². The van der Waals surface area contributed by atoms with Gasteiger partial charge in [-0.05, 0) is 12.1 Å². The Bertz CT molecular complexity index is 365. The van der Waals surface area contributed by atoms with Gasteiger partial charge in [-0.2, -0.15) is 0 Å². The smallest absolute Gasteiger partial charge is 0.180 e. The molecule has 0 aliphatic carbocycles. The minimum atomic E-state index is -0.331. The molecule has 0 saturated heterocycles. The Morgan fingerprint density at radius 1 is 1.64 bits per heavy atom. The molecule has 1 aromatic carbocycles. The highest BCUT2D eigenvalue weighted by molar-refractivity contribution is 9.10. The highest BCUT2D eigenvalue weighted by Crippen LogP contribution is 2.33. The van der Waals surface area contributed by atoms with Crippen molar-refractivity contribution in [1.82, 2.24) is 0 Å². The van der Waals surface area contributed by atoms with Gasteiger partial charge in [-0.1, -0.05) is 15.9 Å². The van der Waals surface area contributed by atoms with E-state index in [1.54, 1.807) is 6.07 Å². The first kappa shape index (κ1) is 11.0. The lowest BCUT2D eigenvalue weighted by Gasteiger charge is -2.08. The van der Waals surface area contributed by atoms with Crippen LogP contribution in [0.3, 0.4) is 0 Å². The molecule has 1 rings (SSSR count). The predicted octanol–water partition coefficient (Wildman–Crippen LogP) is 1.30. The van der Waals surface area contributed by atoms with Crippen molar-refractivity contribution in [2.24, 2.45) is 5.73 Å². The number of benzene rings is 1. The summed E-state index contributed by atoms with van der Waals surface area (Å²) in [6.45, 7) is -0.146. The van der Waals surface area contributed by atoms with Crippen LogP contribution in [0.25, 0.3) is 0 Å². The van der Waals surface area contributed by atoms with Gasteiger partial charge in [0.15, 0.2) is 17.3 Å². The molecule has 0 fully saturated rings. The summed E-state index contributed by atoms with van der Waals surface area (Å²) >= 11 is 3.20. The number of nitrogens with two attached hydrogens (primary N) is 1. The van der Waals surface area contributed by atoms with E-state index in [0.29, 0.717) is 4.47 Å². The van der Waals surface area contributed by atoms with Crippen molar-refractivity contribution in [1.29, 1.82) is 0 Å². The molecule has 0 bridgehead atoms. The second kappa shape index (κ2) is 4.43. The van der Waals surface area contributed by atoms with Crippen molar-refractivity contribution in [3.63, 3.8) is 0 Å². The molecule has 0 heterocycles. The molecule has 0 aliphatic heterocycles. The summed E-state index contributed by atoms with van der Waals surface area (Å²) in [5, 5.41) is 9.59. The van der Waals surface area contributed by atoms with Crippen molar-refractivity contribution >= 4 is 21.7 Å². The Hall–Kier alpha value is -1.07. The summed E-state index contributed by atoms with van der Waals surface area (Å²) < 4.78 is 5.54. The topological polar surface area (TPSA) is 72.5 Å². The average molecular weight is 260 g/mol. The van der Waals surface area contributed by atoms with E-state index in [0.717, 1.165) is 0 Å². The lowest BCUT2D eigenvalue weighted by atomic mass is 10.1. The third-order valence-corrected chi connectivity index (χ3v) is 2.20. The number of halogens is 1. The number of carbonyl (C=O) groups is 1. The van der Waals surface area contributed by atoms with Gasteiger partial charge in [0.25, 0.3) is 0 Å². The Balaban J connectivity index is 3.29. The van der Waals surface area contributed by atoms with Gasteiger partial charge in [0.05, 0.1) is 19.2 Å². The molecule has 0 radical (unpaired) electrons. The van der Waals surface area contributed by atoms with E-state index in [-0.39, 0.29) is 29.4 Å². The van der Waals surface area contributed by atoms with Crippen molar-refractivity contribution in [3.8, 4) is 11.5 Å². The highest BCUT2D eigenvalue weighted by atomic mass is 79.9. The zero-order valence-corrected chi connectivity index (χ0v) is 9.17. The fourth-order valence-electron chi connectivity index (χ4n) is 1.05. The summed E-state index contributed by atoms with van der Waals surface area (Å²) in [6.07, 6.45) is 0. The van der Waals surface area contributed by atoms with Crippen LogP contribution in [0.5, 0.6) is 11.5 Å². The molecule has 0 spiro atoms. The van der Waals surface area contributed by atoms with Crippen LogP contribution in [0.2, 0.25) is 0 Å². The van der Waals surface area contributed by atoms with E-state index in [4.69, 9.17) is 10.5 Å². The number of phenols is 1. The Morgan fingerprint density at radius 3 is 2.79 bits per heavy atom. The van der Waals surface area contributed by atoms with Crippen LogP contribution in [-0.2, 0) is 0 Å². The zero-order valence-electron chi connectivity index (χ0n) is 7.58. The van der Waals surface area contributed by atoms with Crippen LogP contribution < -0.4 is 10.5 Å². The third-order valence-electron chi connectivity index (χ3n) is 1.75. The normalized spacial score (nSPS) is 9.93. The summed E-state index contributed by atoms with van der Waals surface area (Å²) in [4.78, 5) is 11.3. The maximum Gasteiger partial charge on any atom is 0.180 e. The van der Waals surface area contributed by atoms with Gasteiger partial charge in [0.2, 0.25) is 0 Å². The Kier molecular flexibility index (Phi) is 3.49. The largest absolute Gasteiger partial charge is 0.504 e. The van der Waals surface area contributed by atoms with Crippen LogP contribution in [0.15, 0.2) is 16.6 Å². The number of rotatable bonds is 3. The number of ketones is 1. The fraction of sp³-hybridized carbons (Fsp3) is 0.222. The van der Waals surface area contributed by atoms with Crippen LogP contribution >= 0.6 is 15.9 Å². The number of aromatic hydroxyl groups is 1. The standard InChI is InChI=1S/C9H10BrNO3/c1-14-8-3-5(10)2-6(9(8)13)7(12)4-11/h2-3,13H,4,11H2,1H3. The molecule has 0 amide bonds. The minimum Gasteiger partial charge on any atom is -0.504 e. The van der Waals surface area contributed by atoms with E-state index in [2.05, 4.69) is 15.9 Å². The molecule has 14 heavy (non-hydrogen) atoms. The summed E-state index contributed by atoms with van der Waals surface area (Å²) in [6, 6.07) is 3.08. The first-order chi connectivity index (χ1) is 6.60. The molecule has 0 saturated carbocycles. The van der Waals surface area contributed by atoms with Gasteiger partial charge in [-0.25, -0.2) is 0 Å². The van der Waals surface area contributed by atoms with Crippen LogP contribution in [0, 0.1) is 0 Å². The lowest BCUT2D eigenvalue weighted by molar-refractivity contribution is 0.0998. The molecular formula is C9H10BrNO3. The number of ether oxygens (including phenoxy) is 1. The molecule has 4 nitrogen and oxygen atoms in total. The van der Waals surface area contributed by atoms with Crippen LogP contribution in [0.4, 0.5) is 0 Å². The van der Waals surface area contributed by atoms with E-state index >= 15 is 0 Å². The number of hydrogen-bond donors (Lipinski definition) is 2. The maximum atomic E-state index is 11.3. The quantitative estimate of drug-likeness (QED) is 0.803. The number of carbonyl (C=O) groups excluding carboxylic acids is 1. The van der Waals surface area contributed by atoms with Gasteiger partial charge in [0, 0.05) is 4.47 Å². The molecule has 76 valence electrons. The molecule has 0 atom stereocenters. The van der Waals surface area contributed by atoms with E-state index < -0.39 is 0 Å². The number of hydrogen-bond acceptors (Lipinski definition) is 4. The number of methoxy groups -OCH3 is 1.